The largest absolute Gasteiger partial charge is 0.444 e. The number of likely N-dealkylation sites (tertiary alicyclic amines) is 1. The van der Waals surface area contributed by atoms with Crippen LogP contribution in [0.25, 0.3) is 0 Å². The molecule has 0 bridgehead atoms. The van der Waals surface area contributed by atoms with Crippen LogP contribution in [0.3, 0.4) is 0 Å². The van der Waals surface area contributed by atoms with E-state index in [4.69, 9.17) is 4.74 Å². The molecule has 0 aromatic heterocycles. The fourth-order valence-corrected chi connectivity index (χ4v) is 5.32. The number of benzene rings is 1. The molecule has 0 saturated carbocycles. The molecule has 1 aromatic rings. The Morgan fingerprint density at radius 3 is 2.40 bits per heavy atom. The molecule has 164 valence electrons. The Balaban J connectivity index is 1.88. The average Bonchev–Trinajstić information content (AvgIpc) is 2.93. The number of ether oxygens (including phenoxy) is 1. The second-order valence-corrected chi connectivity index (χ2v) is 12.4. The topological polar surface area (TPSA) is 82.4 Å². The predicted octanol–water partition coefficient (Wildman–Crippen LogP) is 4.22. The van der Waals surface area contributed by atoms with Gasteiger partial charge in [0.2, 0.25) is 0 Å². The van der Waals surface area contributed by atoms with Gasteiger partial charge in [-0.2, -0.15) is 5.26 Å². The number of hydrogen-bond acceptors (Lipinski definition) is 4. The number of nitrogens with zero attached hydrogens (tertiary/aromatic N) is 2. The highest BCUT2D eigenvalue weighted by Gasteiger charge is 2.50. The molecular formula is C23H33N3O3S. The zero-order valence-electron chi connectivity index (χ0n) is 18.9. The molecule has 1 unspecified atom stereocenters. The van der Waals surface area contributed by atoms with Crippen LogP contribution < -0.4 is 4.72 Å². The fraction of sp³-hybridized carbons (Fsp3) is 0.652. The van der Waals surface area contributed by atoms with E-state index in [1.807, 2.05) is 53.7 Å². The predicted molar refractivity (Wildman–Crippen MR) is 118 cm³/mol. The van der Waals surface area contributed by atoms with E-state index in [0.717, 1.165) is 30.4 Å². The monoisotopic (exact) mass is 431 g/mol. The first-order chi connectivity index (χ1) is 13.9. The number of nitrogens with one attached hydrogen (secondary N) is 1. The van der Waals surface area contributed by atoms with Gasteiger partial charge in [-0.05, 0) is 83.4 Å². The molecule has 1 amide bonds. The third kappa shape index (κ3) is 4.55. The lowest BCUT2D eigenvalue weighted by molar-refractivity contribution is 0.00723. The average molecular weight is 432 g/mol. The summed E-state index contributed by atoms with van der Waals surface area (Å²) in [7, 11) is -1.27. The van der Waals surface area contributed by atoms with Gasteiger partial charge in [0.1, 0.15) is 5.60 Å². The van der Waals surface area contributed by atoms with E-state index in [9.17, 15) is 14.3 Å². The van der Waals surface area contributed by atoms with Crippen molar-refractivity contribution in [3.8, 4) is 6.07 Å². The first-order valence-corrected chi connectivity index (χ1v) is 11.7. The van der Waals surface area contributed by atoms with Crippen LogP contribution >= 0.6 is 0 Å². The van der Waals surface area contributed by atoms with Gasteiger partial charge in [0.15, 0.2) is 0 Å². The van der Waals surface area contributed by atoms with Crippen molar-refractivity contribution in [1.82, 2.24) is 9.62 Å². The normalized spacial score (nSPS) is 21.8. The number of rotatable bonds is 2. The SMILES string of the molecule is CC(C)(C)OC(=O)N1CCC2(CC1)Cc1cccc(C#N)c1[C@H]2NS(=O)C(C)(C)C. The Kier molecular flexibility index (Phi) is 6.05. The molecule has 2 aliphatic rings. The molecule has 2 atom stereocenters. The van der Waals surface area contributed by atoms with Crippen molar-refractivity contribution < 1.29 is 13.7 Å². The van der Waals surface area contributed by atoms with Gasteiger partial charge in [0.25, 0.3) is 0 Å². The number of piperidine rings is 1. The van der Waals surface area contributed by atoms with Crippen molar-refractivity contribution in [2.75, 3.05) is 13.1 Å². The summed E-state index contributed by atoms with van der Waals surface area (Å²) in [4.78, 5) is 14.3. The molecule has 3 rings (SSSR count). The summed E-state index contributed by atoms with van der Waals surface area (Å²) in [6.45, 7) is 12.6. The lowest BCUT2D eigenvalue weighted by Gasteiger charge is -2.44. The highest BCUT2D eigenvalue weighted by atomic mass is 32.2. The van der Waals surface area contributed by atoms with Crippen LogP contribution in [0.2, 0.25) is 0 Å². The Bertz CT molecular complexity index is 884. The van der Waals surface area contributed by atoms with Crippen LogP contribution in [0.1, 0.15) is 77.1 Å². The number of hydrogen-bond donors (Lipinski definition) is 1. The second kappa shape index (κ2) is 7.97. The first kappa shape index (κ1) is 22.8. The number of carbonyl (C=O) groups is 1. The molecule has 1 saturated heterocycles. The number of fused-ring (bicyclic) bond motifs is 1. The van der Waals surface area contributed by atoms with Gasteiger partial charge in [0.05, 0.1) is 33.4 Å². The van der Waals surface area contributed by atoms with Crippen molar-refractivity contribution in [3.63, 3.8) is 0 Å². The molecular weight excluding hydrogens is 398 g/mol. The van der Waals surface area contributed by atoms with Crippen molar-refractivity contribution >= 4 is 17.1 Å². The smallest absolute Gasteiger partial charge is 0.410 e. The van der Waals surface area contributed by atoms with Crippen molar-refractivity contribution in [2.45, 2.75) is 77.2 Å². The van der Waals surface area contributed by atoms with Gasteiger partial charge in [-0.25, -0.2) is 13.7 Å². The zero-order valence-corrected chi connectivity index (χ0v) is 19.7. The van der Waals surface area contributed by atoms with E-state index >= 15 is 0 Å². The maximum absolute atomic E-state index is 13.0. The van der Waals surface area contributed by atoms with Gasteiger partial charge >= 0.3 is 6.09 Å². The quantitative estimate of drug-likeness (QED) is 0.760. The van der Waals surface area contributed by atoms with Gasteiger partial charge in [-0.15, -0.1) is 0 Å². The number of amides is 1. The lowest BCUT2D eigenvalue weighted by atomic mass is 9.73. The third-order valence-electron chi connectivity index (χ3n) is 5.95. The summed E-state index contributed by atoms with van der Waals surface area (Å²) in [5.41, 5.74) is 2.06. The Hall–Kier alpha value is -1.91. The van der Waals surface area contributed by atoms with Crippen molar-refractivity contribution in [1.29, 1.82) is 5.26 Å². The van der Waals surface area contributed by atoms with E-state index in [1.165, 1.54) is 0 Å². The van der Waals surface area contributed by atoms with Gasteiger partial charge in [-0.3, -0.25) is 0 Å². The Labute approximate surface area is 182 Å². The van der Waals surface area contributed by atoms with Gasteiger partial charge < -0.3 is 9.64 Å². The molecule has 1 aliphatic carbocycles. The second-order valence-electron chi connectivity index (χ2n) is 10.4. The maximum atomic E-state index is 13.0. The molecule has 30 heavy (non-hydrogen) atoms. The van der Waals surface area contributed by atoms with E-state index < -0.39 is 21.3 Å². The van der Waals surface area contributed by atoms with Gasteiger partial charge in [0, 0.05) is 13.1 Å². The minimum Gasteiger partial charge on any atom is -0.444 e. The first-order valence-electron chi connectivity index (χ1n) is 10.5. The van der Waals surface area contributed by atoms with Gasteiger partial charge in [-0.1, -0.05) is 12.1 Å². The summed E-state index contributed by atoms with van der Waals surface area (Å²) < 4.78 is 21.5. The molecule has 6 nitrogen and oxygen atoms in total. The standard InChI is InChI=1S/C23H33N3O3S/c1-21(2,3)29-20(27)26-12-10-23(11-13-26)14-16-8-7-9-17(15-24)18(16)19(23)25-30(28)22(4,5)6/h7-9,19,25H,10-14H2,1-6H3/t19-,30?/m1/s1. The summed E-state index contributed by atoms with van der Waals surface area (Å²) in [6.07, 6.45) is 2.07. The molecule has 1 heterocycles. The van der Waals surface area contributed by atoms with E-state index in [-0.39, 0.29) is 17.6 Å². The highest BCUT2D eigenvalue weighted by molar-refractivity contribution is 7.84. The molecule has 1 N–H and O–H groups in total. The molecule has 1 aromatic carbocycles. The maximum Gasteiger partial charge on any atom is 0.410 e. The van der Waals surface area contributed by atoms with E-state index in [1.54, 1.807) is 4.90 Å². The van der Waals surface area contributed by atoms with Crippen molar-refractivity contribution in [3.05, 3.63) is 34.9 Å². The molecule has 1 fully saturated rings. The molecule has 1 spiro atoms. The van der Waals surface area contributed by atoms with Crippen LogP contribution in [0.4, 0.5) is 4.79 Å². The number of nitriles is 1. The molecule has 0 radical (unpaired) electrons. The molecule has 7 heteroatoms. The minimum absolute atomic E-state index is 0.172. The highest BCUT2D eigenvalue weighted by Crippen LogP contribution is 2.53. The lowest BCUT2D eigenvalue weighted by Crippen LogP contribution is -2.50. The summed E-state index contributed by atoms with van der Waals surface area (Å²) in [5.74, 6) is 0. The van der Waals surface area contributed by atoms with Crippen LogP contribution in [0, 0.1) is 16.7 Å². The third-order valence-corrected chi connectivity index (χ3v) is 7.51. The van der Waals surface area contributed by atoms with Crippen LogP contribution in [-0.4, -0.2) is 38.6 Å². The van der Waals surface area contributed by atoms with Crippen LogP contribution in [-0.2, 0) is 22.1 Å². The minimum atomic E-state index is -1.27. The zero-order chi connectivity index (χ0) is 22.3. The van der Waals surface area contributed by atoms with Crippen LogP contribution in [0.5, 0.6) is 0 Å². The molecule has 1 aliphatic heterocycles. The summed E-state index contributed by atoms with van der Waals surface area (Å²) in [6, 6.07) is 7.97. The fourth-order valence-electron chi connectivity index (χ4n) is 4.39. The Morgan fingerprint density at radius 1 is 1.23 bits per heavy atom. The Morgan fingerprint density at radius 2 is 1.87 bits per heavy atom. The number of carbonyl (C=O) groups excluding carboxylic acids is 1. The van der Waals surface area contributed by atoms with E-state index in [0.29, 0.717) is 18.7 Å². The summed E-state index contributed by atoms with van der Waals surface area (Å²) in [5, 5.41) is 9.70. The van der Waals surface area contributed by atoms with Crippen LogP contribution in [0.15, 0.2) is 18.2 Å². The van der Waals surface area contributed by atoms with E-state index in [2.05, 4.69) is 16.9 Å². The summed E-state index contributed by atoms with van der Waals surface area (Å²) >= 11 is 0. The van der Waals surface area contributed by atoms with Crippen molar-refractivity contribution in [2.24, 2.45) is 5.41 Å².